The molecule has 4 heteroatoms. The highest BCUT2D eigenvalue weighted by atomic mass is 35.5. The van der Waals surface area contributed by atoms with Crippen molar-refractivity contribution in [3.8, 4) is 0 Å². The van der Waals surface area contributed by atoms with E-state index in [1.165, 1.54) is 11.3 Å². The van der Waals surface area contributed by atoms with Crippen LogP contribution in [-0.4, -0.2) is 0 Å². The van der Waals surface area contributed by atoms with Crippen LogP contribution in [0.5, 0.6) is 0 Å². The van der Waals surface area contributed by atoms with Crippen molar-refractivity contribution in [3.05, 3.63) is 21.3 Å². The van der Waals surface area contributed by atoms with E-state index in [1.54, 1.807) is 0 Å². The van der Waals surface area contributed by atoms with Gasteiger partial charge in [0.1, 0.15) is 0 Å². The molecule has 0 aliphatic rings. The fourth-order valence-electron chi connectivity index (χ4n) is 0.647. The molecule has 0 spiro atoms. The number of hydrogen-bond donors (Lipinski definition) is 2. The molecule has 56 valence electrons. The van der Waals surface area contributed by atoms with E-state index in [0.717, 1.165) is 9.90 Å². The van der Waals surface area contributed by atoms with Crippen LogP contribution in [-0.2, 0) is 0 Å². The number of rotatable bonds is 2. The largest absolute Gasteiger partial charge is 0.271 e. The van der Waals surface area contributed by atoms with Crippen LogP contribution in [0.3, 0.4) is 0 Å². The van der Waals surface area contributed by atoms with E-state index in [9.17, 15) is 0 Å². The van der Waals surface area contributed by atoms with Gasteiger partial charge in [-0.2, -0.15) is 0 Å². The number of thiophene rings is 1. The first-order valence-corrected chi connectivity index (χ1v) is 4.20. The Morgan fingerprint density at radius 3 is 2.90 bits per heavy atom. The van der Waals surface area contributed by atoms with E-state index in [4.69, 9.17) is 17.4 Å². The van der Waals surface area contributed by atoms with Crippen LogP contribution in [0.15, 0.2) is 11.4 Å². The van der Waals surface area contributed by atoms with Crippen LogP contribution in [0.2, 0.25) is 4.34 Å². The smallest absolute Gasteiger partial charge is 0.0931 e. The van der Waals surface area contributed by atoms with Gasteiger partial charge in [-0.05, 0) is 23.9 Å². The molecule has 10 heavy (non-hydrogen) atoms. The minimum absolute atomic E-state index is 0.184. The van der Waals surface area contributed by atoms with Gasteiger partial charge in [-0.25, -0.2) is 0 Å². The Balaban J connectivity index is 2.74. The predicted molar refractivity (Wildman–Crippen MR) is 45.1 cm³/mol. The molecular formula is C6H9ClN2S. The van der Waals surface area contributed by atoms with Crippen molar-refractivity contribution in [2.45, 2.75) is 13.0 Å². The molecule has 0 radical (unpaired) electrons. The first-order valence-electron chi connectivity index (χ1n) is 2.94. The molecule has 1 aromatic rings. The summed E-state index contributed by atoms with van der Waals surface area (Å²) in [6.45, 7) is 1.98. The van der Waals surface area contributed by atoms with Crippen LogP contribution >= 0.6 is 22.9 Å². The summed E-state index contributed by atoms with van der Waals surface area (Å²) in [7, 11) is 0. The highest BCUT2D eigenvalue weighted by molar-refractivity contribution is 7.14. The Morgan fingerprint density at radius 1 is 1.80 bits per heavy atom. The molecule has 1 rings (SSSR count). The summed E-state index contributed by atoms with van der Waals surface area (Å²) < 4.78 is 0.803. The zero-order chi connectivity index (χ0) is 7.56. The Hall–Kier alpha value is -0.0900. The van der Waals surface area contributed by atoms with Crippen LogP contribution in [0.4, 0.5) is 0 Å². The third-order valence-electron chi connectivity index (χ3n) is 1.34. The number of nitrogens with one attached hydrogen (secondary N) is 1. The average molecular weight is 177 g/mol. The van der Waals surface area contributed by atoms with Gasteiger partial charge >= 0.3 is 0 Å². The van der Waals surface area contributed by atoms with E-state index in [-0.39, 0.29) is 6.04 Å². The summed E-state index contributed by atoms with van der Waals surface area (Å²) in [5.41, 5.74) is 3.78. The van der Waals surface area contributed by atoms with Gasteiger partial charge in [0.05, 0.1) is 4.34 Å². The van der Waals surface area contributed by atoms with Gasteiger partial charge in [-0.3, -0.25) is 11.3 Å². The van der Waals surface area contributed by atoms with Gasteiger partial charge < -0.3 is 0 Å². The van der Waals surface area contributed by atoms with E-state index in [1.807, 2.05) is 18.4 Å². The maximum absolute atomic E-state index is 5.71. The van der Waals surface area contributed by atoms with E-state index < -0.39 is 0 Å². The molecule has 0 amide bonds. The van der Waals surface area contributed by atoms with Crippen LogP contribution < -0.4 is 11.3 Å². The molecule has 0 saturated carbocycles. The highest BCUT2D eigenvalue weighted by Gasteiger charge is 2.03. The maximum Gasteiger partial charge on any atom is 0.0931 e. The molecule has 0 bridgehead atoms. The summed E-state index contributed by atoms with van der Waals surface area (Å²) in [6.07, 6.45) is 0. The summed E-state index contributed by atoms with van der Waals surface area (Å²) >= 11 is 7.23. The first-order chi connectivity index (χ1) is 4.74. The summed E-state index contributed by atoms with van der Waals surface area (Å²) in [5, 5.41) is 1.99. The fourth-order valence-corrected chi connectivity index (χ4v) is 1.63. The van der Waals surface area contributed by atoms with Crippen molar-refractivity contribution in [2.24, 2.45) is 5.84 Å². The molecule has 2 nitrogen and oxygen atoms in total. The minimum Gasteiger partial charge on any atom is -0.271 e. The lowest BCUT2D eigenvalue weighted by Gasteiger charge is -2.05. The van der Waals surface area contributed by atoms with Gasteiger partial charge in [-0.15, -0.1) is 11.3 Å². The van der Waals surface area contributed by atoms with Gasteiger partial charge in [0, 0.05) is 6.04 Å². The third kappa shape index (κ3) is 1.70. The normalized spacial score (nSPS) is 13.5. The predicted octanol–water partition coefficient (Wildman–Crippen LogP) is 1.93. The number of hydrazine groups is 1. The minimum atomic E-state index is 0.184. The Kier molecular flexibility index (Phi) is 2.68. The number of halogens is 1. The molecule has 0 aromatic carbocycles. The van der Waals surface area contributed by atoms with Crippen molar-refractivity contribution in [2.75, 3.05) is 0 Å². The lowest BCUT2D eigenvalue weighted by atomic mass is 10.2. The van der Waals surface area contributed by atoms with Crippen LogP contribution in [0, 0.1) is 0 Å². The quantitative estimate of drug-likeness (QED) is 0.534. The standard InChI is InChI=1S/C6H9ClN2S/c1-4(9-8)5-2-6(7)10-3-5/h2-4,9H,8H2,1H3. The van der Waals surface area contributed by atoms with Crippen LogP contribution in [0.1, 0.15) is 18.5 Å². The number of nitrogens with two attached hydrogens (primary N) is 1. The second-order valence-electron chi connectivity index (χ2n) is 2.07. The summed E-state index contributed by atoms with van der Waals surface area (Å²) in [6, 6.07) is 2.10. The molecule has 1 aromatic heterocycles. The first kappa shape index (κ1) is 8.01. The Morgan fingerprint density at radius 2 is 2.50 bits per heavy atom. The van der Waals surface area contributed by atoms with Crippen molar-refractivity contribution in [3.63, 3.8) is 0 Å². The fraction of sp³-hybridized carbons (Fsp3) is 0.333. The molecule has 0 aliphatic heterocycles. The van der Waals surface area contributed by atoms with Gasteiger partial charge in [0.15, 0.2) is 0 Å². The molecule has 0 fully saturated rings. The Bertz CT molecular complexity index is 211. The van der Waals surface area contributed by atoms with E-state index in [2.05, 4.69) is 5.43 Å². The molecule has 0 saturated heterocycles. The van der Waals surface area contributed by atoms with Crippen molar-refractivity contribution < 1.29 is 0 Å². The average Bonchev–Trinajstić information content (AvgIpc) is 2.34. The molecule has 3 N–H and O–H groups in total. The zero-order valence-electron chi connectivity index (χ0n) is 5.60. The topological polar surface area (TPSA) is 38.0 Å². The second kappa shape index (κ2) is 3.34. The molecule has 0 aliphatic carbocycles. The summed E-state index contributed by atoms with van der Waals surface area (Å²) in [4.78, 5) is 0. The van der Waals surface area contributed by atoms with Crippen molar-refractivity contribution in [1.29, 1.82) is 0 Å². The van der Waals surface area contributed by atoms with Gasteiger partial charge in [0.25, 0.3) is 0 Å². The van der Waals surface area contributed by atoms with Crippen LogP contribution in [0.25, 0.3) is 0 Å². The molecule has 1 heterocycles. The second-order valence-corrected chi connectivity index (χ2v) is 3.62. The molecular weight excluding hydrogens is 168 g/mol. The summed E-state index contributed by atoms with van der Waals surface area (Å²) in [5.74, 6) is 5.22. The highest BCUT2D eigenvalue weighted by Crippen LogP contribution is 2.23. The van der Waals surface area contributed by atoms with Gasteiger partial charge in [-0.1, -0.05) is 11.6 Å². The maximum atomic E-state index is 5.71. The van der Waals surface area contributed by atoms with Gasteiger partial charge in [0.2, 0.25) is 0 Å². The van der Waals surface area contributed by atoms with E-state index >= 15 is 0 Å². The SMILES string of the molecule is CC(NN)c1csc(Cl)c1. The Labute approximate surface area is 69.0 Å². The number of hydrogen-bond acceptors (Lipinski definition) is 3. The third-order valence-corrected chi connectivity index (χ3v) is 2.45. The van der Waals surface area contributed by atoms with Crippen molar-refractivity contribution in [1.82, 2.24) is 5.43 Å². The van der Waals surface area contributed by atoms with Crippen molar-refractivity contribution >= 4 is 22.9 Å². The molecule has 1 atom stereocenters. The zero-order valence-corrected chi connectivity index (χ0v) is 7.17. The molecule has 1 unspecified atom stereocenters. The van der Waals surface area contributed by atoms with E-state index in [0.29, 0.717) is 0 Å². The lowest BCUT2D eigenvalue weighted by Crippen LogP contribution is -2.25. The monoisotopic (exact) mass is 176 g/mol. The lowest BCUT2D eigenvalue weighted by molar-refractivity contribution is 0.604.